The Kier molecular flexibility index (Phi) is 7.59. The highest BCUT2D eigenvalue weighted by Gasteiger charge is 2.29. The molecule has 8 heteroatoms. The van der Waals surface area contributed by atoms with Crippen molar-refractivity contribution in [2.24, 2.45) is 0 Å². The van der Waals surface area contributed by atoms with Gasteiger partial charge in [0.25, 0.3) is 0 Å². The summed E-state index contributed by atoms with van der Waals surface area (Å²) in [6.45, 7) is 6.70. The van der Waals surface area contributed by atoms with Crippen LogP contribution in [0.1, 0.15) is 38.1 Å². The number of aryl methyl sites for hydroxylation is 1. The first-order chi connectivity index (χ1) is 17.6. The third kappa shape index (κ3) is 6.16. The van der Waals surface area contributed by atoms with E-state index in [2.05, 4.69) is 9.69 Å². The van der Waals surface area contributed by atoms with E-state index in [9.17, 15) is 14.7 Å². The minimum Gasteiger partial charge on any atom is -0.478 e. The van der Waals surface area contributed by atoms with Crippen LogP contribution in [0.25, 0.3) is 21.6 Å². The van der Waals surface area contributed by atoms with E-state index in [4.69, 9.17) is 9.47 Å². The molecule has 1 heterocycles. The van der Waals surface area contributed by atoms with Gasteiger partial charge < -0.3 is 14.6 Å². The lowest BCUT2D eigenvalue weighted by Crippen LogP contribution is -2.37. The molecule has 0 aliphatic rings. The lowest BCUT2D eigenvalue weighted by molar-refractivity contribution is -0.152. The smallest absolute Gasteiger partial charge is 0.412 e. The van der Waals surface area contributed by atoms with Gasteiger partial charge >= 0.3 is 12.1 Å². The van der Waals surface area contributed by atoms with Crippen molar-refractivity contribution >= 4 is 29.3 Å². The molecule has 1 aromatic heterocycles. The molecule has 1 atom stereocenters. The minimum absolute atomic E-state index is 0.386. The zero-order valence-corrected chi connectivity index (χ0v) is 21.8. The molecule has 0 radical (unpaired) electrons. The van der Waals surface area contributed by atoms with Crippen LogP contribution in [-0.2, 0) is 9.53 Å². The van der Waals surface area contributed by atoms with Crippen LogP contribution >= 0.6 is 11.5 Å². The van der Waals surface area contributed by atoms with Gasteiger partial charge in [0.1, 0.15) is 11.9 Å². The number of amides is 1. The van der Waals surface area contributed by atoms with Crippen molar-refractivity contribution in [2.45, 2.75) is 39.4 Å². The van der Waals surface area contributed by atoms with Gasteiger partial charge in [-0.2, -0.15) is 4.37 Å². The Morgan fingerprint density at radius 2 is 1.49 bits per heavy atom. The van der Waals surface area contributed by atoms with Gasteiger partial charge in [-0.1, -0.05) is 66.7 Å². The number of aromatic nitrogens is 1. The SMILES string of the molecule is Cc1nsc(-c2ccc(-c3ccc(OC(C)(C)C(=O)O)cc3)cc2)c1NC(=O)O[C@H](C)c1ccccc1. The molecule has 0 fully saturated rings. The first-order valence-electron chi connectivity index (χ1n) is 11.8. The van der Waals surface area contributed by atoms with Gasteiger partial charge in [0.2, 0.25) is 0 Å². The zero-order chi connectivity index (χ0) is 26.6. The Morgan fingerprint density at radius 1 is 0.919 bits per heavy atom. The molecule has 0 saturated heterocycles. The van der Waals surface area contributed by atoms with Crippen LogP contribution < -0.4 is 10.1 Å². The number of rotatable bonds is 8. The molecule has 2 N–H and O–H groups in total. The Hall–Kier alpha value is -4.17. The van der Waals surface area contributed by atoms with E-state index in [1.165, 1.54) is 25.4 Å². The molecule has 0 spiro atoms. The number of carbonyl (C=O) groups is 2. The molecule has 0 aliphatic heterocycles. The first kappa shape index (κ1) is 25.9. The standard InChI is InChI=1S/C29H28N2O5S/c1-18-25(30-28(34)35-19(2)20-8-6-5-7-9-20)26(37-31-18)23-12-10-21(11-13-23)22-14-16-24(17-15-22)36-29(3,4)27(32)33/h5-17,19H,1-4H3,(H,30,34)(H,32,33)/t19-/m1/s1. The summed E-state index contributed by atoms with van der Waals surface area (Å²) in [5.74, 6) is -0.546. The van der Waals surface area contributed by atoms with Crippen molar-refractivity contribution in [3.8, 4) is 27.3 Å². The molecule has 1 amide bonds. The van der Waals surface area contributed by atoms with Crippen molar-refractivity contribution < 1.29 is 24.2 Å². The Bertz CT molecular complexity index is 1380. The van der Waals surface area contributed by atoms with Crippen molar-refractivity contribution in [1.82, 2.24) is 4.37 Å². The lowest BCUT2D eigenvalue weighted by Gasteiger charge is -2.21. The summed E-state index contributed by atoms with van der Waals surface area (Å²) < 4.78 is 15.6. The molecule has 7 nitrogen and oxygen atoms in total. The molecular formula is C29H28N2O5S. The van der Waals surface area contributed by atoms with Crippen molar-refractivity contribution in [3.05, 3.63) is 90.1 Å². The number of carboxylic acids is 1. The highest BCUT2D eigenvalue weighted by molar-refractivity contribution is 7.10. The lowest BCUT2D eigenvalue weighted by atomic mass is 10.0. The number of ether oxygens (including phenoxy) is 2. The fourth-order valence-electron chi connectivity index (χ4n) is 3.67. The molecule has 37 heavy (non-hydrogen) atoms. The molecule has 0 bridgehead atoms. The highest BCUT2D eigenvalue weighted by atomic mass is 32.1. The topological polar surface area (TPSA) is 97.8 Å². The largest absolute Gasteiger partial charge is 0.478 e. The predicted molar refractivity (Wildman–Crippen MR) is 145 cm³/mol. The summed E-state index contributed by atoms with van der Waals surface area (Å²) >= 11 is 1.31. The maximum absolute atomic E-state index is 12.6. The van der Waals surface area contributed by atoms with Crippen LogP contribution in [0.4, 0.5) is 10.5 Å². The van der Waals surface area contributed by atoms with E-state index >= 15 is 0 Å². The Labute approximate surface area is 219 Å². The maximum atomic E-state index is 12.6. The number of anilines is 1. The van der Waals surface area contributed by atoms with E-state index < -0.39 is 17.7 Å². The van der Waals surface area contributed by atoms with E-state index in [1.54, 1.807) is 12.1 Å². The second-order valence-electron chi connectivity index (χ2n) is 9.07. The predicted octanol–water partition coefficient (Wildman–Crippen LogP) is 7.34. The average Bonchev–Trinajstić information content (AvgIpc) is 3.24. The van der Waals surface area contributed by atoms with Gasteiger partial charge in [-0.25, -0.2) is 9.59 Å². The van der Waals surface area contributed by atoms with E-state index in [0.717, 1.165) is 27.1 Å². The number of hydrogen-bond acceptors (Lipinski definition) is 6. The average molecular weight is 517 g/mol. The number of carboxylic acid groups (broad SMARTS) is 1. The van der Waals surface area contributed by atoms with Crippen LogP contribution in [0.5, 0.6) is 5.75 Å². The van der Waals surface area contributed by atoms with Crippen LogP contribution in [0.3, 0.4) is 0 Å². The summed E-state index contributed by atoms with van der Waals surface area (Å²) in [6, 6.07) is 24.8. The quantitative estimate of drug-likeness (QED) is 0.254. The molecule has 0 aliphatic carbocycles. The summed E-state index contributed by atoms with van der Waals surface area (Å²) in [7, 11) is 0. The summed E-state index contributed by atoms with van der Waals surface area (Å²) in [5, 5.41) is 12.1. The van der Waals surface area contributed by atoms with E-state index in [1.807, 2.05) is 80.6 Å². The molecule has 0 unspecified atom stereocenters. The van der Waals surface area contributed by atoms with Crippen LogP contribution in [0, 0.1) is 6.92 Å². The number of nitrogens with one attached hydrogen (secondary N) is 1. The summed E-state index contributed by atoms with van der Waals surface area (Å²) in [5.41, 5.74) is 3.82. The second kappa shape index (κ2) is 10.8. The third-order valence-corrected chi connectivity index (χ3v) is 6.85. The monoisotopic (exact) mass is 516 g/mol. The molecule has 3 aromatic carbocycles. The fourth-order valence-corrected chi connectivity index (χ4v) is 4.52. The van der Waals surface area contributed by atoms with Gasteiger partial charge in [-0.3, -0.25) is 5.32 Å². The Balaban J connectivity index is 1.46. The van der Waals surface area contributed by atoms with E-state index in [0.29, 0.717) is 17.1 Å². The van der Waals surface area contributed by atoms with Gasteiger partial charge in [0, 0.05) is 0 Å². The van der Waals surface area contributed by atoms with Crippen molar-refractivity contribution in [3.63, 3.8) is 0 Å². The first-order valence-corrected chi connectivity index (χ1v) is 12.5. The minimum atomic E-state index is -1.31. The molecule has 4 rings (SSSR count). The molecule has 0 saturated carbocycles. The second-order valence-corrected chi connectivity index (χ2v) is 9.85. The third-order valence-electron chi connectivity index (χ3n) is 5.87. The molecular weight excluding hydrogens is 488 g/mol. The van der Waals surface area contributed by atoms with Crippen LogP contribution in [-0.4, -0.2) is 27.1 Å². The number of benzene rings is 3. The number of aliphatic carboxylic acids is 1. The zero-order valence-electron chi connectivity index (χ0n) is 21.0. The molecule has 4 aromatic rings. The Morgan fingerprint density at radius 3 is 2.08 bits per heavy atom. The highest BCUT2D eigenvalue weighted by Crippen LogP contribution is 2.36. The van der Waals surface area contributed by atoms with Gasteiger partial charge in [-0.15, -0.1) is 0 Å². The number of nitrogens with zero attached hydrogens (tertiary/aromatic N) is 1. The van der Waals surface area contributed by atoms with Gasteiger partial charge in [0.15, 0.2) is 5.60 Å². The fraction of sp³-hybridized carbons (Fsp3) is 0.207. The normalized spacial score (nSPS) is 12.0. The van der Waals surface area contributed by atoms with Crippen molar-refractivity contribution in [2.75, 3.05) is 5.32 Å². The molecule has 190 valence electrons. The van der Waals surface area contributed by atoms with Gasteiger partial charge in [0.05, 0.1) is 16.3 Å². The maximum Gasteiger partial charge on any atom is 0.412 e. The van der Waals surface area contributed by atoms with Crippen LogP contribution in [0.15, 0.2) is 78.9 Å². The summed E-state index contributed by atoms with van der Waals surface area (Å²) in [4.78, 5) is 24.8. The van der Waals surface area contributed by atoms with E-state index in [-0.39, 0.29) is 6.10 Å². The van der Waals surface area contributed by atoms with Gasteiger partial charge in [-0.05, 0) is 73.6 Å². The number of carbonyl (C=O) groups excluding carboxylic acids is 1. The van der Waals surface area contributed by atoms with Crippen molar-refractivity contribution in [1.29, 1.82) is 0 Å². The van der Waals surface area contributed by atoms with Crippen LogP contribution in [0.2, 0.25) is 0 Å². The number of hydrogen-bond donors (Lipinski definition) is 2. The summed E-state index contributed by atoms with van der Waals surface area (Å²) in [6.07, 6.45) is -0.922.